The van der Waals surface area contributed by atoms with E-state index in [9.17, 15) is 18.6 Å². The standard InChI is InChI=1S/C14H18N2O5S2/c17-10-14(18)5-1-8-16(9-6-14)23(19,20)13-3-2-12(22-13)11-4-7-15-21-11/h2-4,7,17-18H,1,5-6,8-10H2/t14-/m1/s1. The Morgan fingerprint density at radius 1 is 1.30 bits per heavy atom. The Labute approximate surface area is 138 Å². The van der Waals surface area contributed by atoms with E-state index in [0.29, 0.717) is 30.0 Å². The van der Waals surface area contributed by atoms with Crippen molar-refractivity contribution in [3.8, 4) is 10.6 Å². The van der Waals surface area contributed by atoms with E-state index < -0.39 is 15.6 Å². The molecule has 2 N–H and O–H groups in total. The van der Waals surface area contributed by atoms with Crippen molar-refractivity contribution in [2.24, 2.45) is 0 Å². The molecule has 126 valence electrons. The van der Waals surface area contributed by atoms with Gasteiger partial charge < -0.3 is 14.7 Å². The zero-order valence-corrected chi connectivity index (χ0v) is 14.0. The molecule has 3 heterocycles. The summed E-state index contributed by atoms with van der Waals surface area (Å²) in [4.78, 5) is 0.697. The van der Waals surface area contributed by atoms with Crippen LogP contribution < -0.4 is 0 Å². The van der Waals surface area contributed by atoms with Crippen LogP contribution >= 0.6 is 11.3 Å². The van der Waals surface area contributed by atoms with E-state index >= 15 is 0 Å². The lowest BCUT2D eigenvalue weighted by Crippen LogP contribution is -2.36. The summed E-state index contributed by atoms with van der Waals surface area (Å²) in [5, 5.41) is 23.0. The van der Waals surface area contributed by atoms with E-state index in [2.05, 4.69) is 5.16 Å². The molecule has 0 bridgehead atoms. The number of aromatic nitrogens is 1. The van der Waals surface area contributed by atoms with Crippen molar-refractivity contribution >= 4 is 21.4 Å². The lowest BCUT2D eigenvalue weighted by molar-refractivity contribution is -0.0243. The zero-order chi connectivity index (χ0) is 16.5. The highest BCUT2D eigenvalue weighted by molar-refractivity contribution is 7.91. The zero-order valence-electron chi connectivity index (χ0n) is 12.4. The minimum atomic E-state index is -3.62. The van der Waals surface area contributed by atoms with Crippen molar-refractivity contribution in [1.82, 2.24) is 9.46 Å². The first kappa shape index (κ1) is 16.6. The van der Waals surface area contributed by atoms with Crippen LogP contribution in [0.25, 0.3) is 10.6 Å². The molecule has 1 aliphatic heterocycles. The fourth-order valence-corrected chi connectivity index (χ4v) is 5.51. The van der Waals surface area contributed by atoms with Gasteiger partial charge in [0.2, 0.25) is 0 Å². The SMILES string of the molecule is O=S(=O)(c1ccc(-c2ccno2)s1)N1CCC[C@](O)(CO)CC1. The second kappa shape index (κ2) is 6.33. The van der Waals surface area contributed by atoms with Gasteiger partial charge in [0.05, 0.1) is 23.3 Å². The van der Waals surface area contributed by atoms with E-state index in [0.717, 1.165) is 11.3 Å². The highest BCUT2D eigenvalue weighted by atomic mass is 32.2. The molecular weight excluding hydrogens is 340 g/mol. The van der Waals surface area contributed by atoms with Crippen LogP contribution in [0, 0.1) is 0 Å². The molecular formula is C14H18N2O5S2. The first-order chi connectivity index (χ1) is 10.9. The van der Waals surface area contributed by atoms with Gasteiger partial charge in [-0.05, 0) is 31.4 Å². The molecule has 0 spiro atoms. The predicted octanol–water partition coefficient (Wildman–Crippen LogP) is 1.30. The van der Waals surface area contributed by atoms with E-state index in [1.54, 1.807) is 18.2 Å². The van der Waals surface area contributed by atoms with Crippen LogP contribution in [0.4, 0.5) is 0 Å². The number of aliphatic hydroxyl groups is 2. The summed E-state index contributed by atoms with van der Waals surface area (Å²) in [6.45, 7) is 0.171. The Morgan fingerprint density at radius 2 is 2.13 bits per heavy atom. The fourth-order valence-electron chi connectivity index (χ4n) is 2.61. The van der Waals surface area contributed by atoms with Crippen molar-refractivity contribution in [1.29, 1.82) is 0 Å². The Kier molecular flexibility index (Phi) is 4.56. The summed E-state index contributed by atoms with van der Waals surface area (Å²) < 4.78 is 32.2. The molecule has 1 atom stereocenters. The summed E-state index contributed by atoms with van der Waals surface area (Å²) >= 11 is 1.13. The topological polar surface area (TPSA) is 104 Å². The second-order valence-electron chi connectivity index (χ2n) is 5.64. The minimum absolute atomic E-state index is 0.189. The largest absolute Gasteiger partial charge is 0.393 e. The number of nitrogens with zero attached hydrogens (tertiary/aromatic N) is 2. The van der Waals surface area contributed by atoms with Gasteiger partial charge >= 0.3 is 0 Å². The molecule has 0 saturated carbocycles. The quantitative estimate of drug-likeness (QED) is 0.854. The molecule has 1 fully saturated rings. The first-order valence-electron chi connectivity index (χ1n) is 7.29. The first-order valence-corrected chi connectivity index (χ1v) is 9.55. The van der Waals surface area contributed by atoms with Crippen molar-refractivity contribution in [2.75, 3.05) is 19.7 Å². The van der Waals surface area contributed by atoms with Gasteiger partial charge in [0, 0.05) is 19.2 Å². The molecule has 1 aliphatic rings. The molecule has 0 unspecified atom stereocenters. The Bertz CT molecular complexity index is 756. The maximum atomic E-state index is 12.8. The maximum absolute atomic E-state index is 12.8. The average molecular weight is 358 g/mol. The number of hydrogen-bond donors (Lipinski definition) is 2. The third-order valence-corrected chi connectivity index (χ3v) is 7.49. The number of rotatable bonds is 4. The molecule has 7 nitrogen and oxygen atoms in total. The van der Waals surface area contributed by atoms with E-state index in [-0.39, 0.29) is 23.8 Å². The molecule has 0 radical (unpaired) electrons. The molecule has 9 heteroatoms. The molecule has 0 aromatic carbocycles. The normalized spacial score (nSPS) is 23.7. The second-order valence-corrected chi connectivity index (χ2v) is 8.88. The average Bonchev–Trinajstić information content (AvgIpc) is 3.17. The van der Waals surface area contributed by atoms with Gasteiger partial charge in [-0.3, -0.25) is 0 Å². The van der Waals surface area contributed by atoms with E-state index in [1.165, 1.54) is 10.5 Å². The molecule has 0 aliphatic carbocycles. The van der Waals surface area contributed by atoms with Gasteiger partial charge in [-0.2, -0.15) is 4.31 Å². The third-order valence-electron chi connectivity index (χ3n) is 4.03. The van der Waals surface area contributed by atoms with Crippen LogP contribution in [0.2, 0.25) is 0 Å². The third kappa shape index (κ3) is 3.33. The van der Waals surface area contributed by atoms with E-state index in [4.69, 9.17) is 4.52 Å². The number of aliphatic hydroxyl groups excluding tert-OH is 1. The van der Waals surface area contributed by atoms with Gasteiger partial charge in [0.15, 0.2) is 5.76 Å². The van der Waals surface area contributed by atoms with Gasteiger partial charge in [0.25, 0.3) is 10.0 Å². The highest BCUT2D eigenvalue weighted by Gasteiger charge is 2.34. The molecule has 23 heavy (non-hydrogen) atoms. The monoisotopic (exact) mass is 358 g/mol. The lowest BCUT2D eigenvalue weighted by Gasteiger charge is -2.24. The van der Waals surface area contributed by atoms with Crippen molar-refractivity contribution in [2.45, 2.75) is 29.1 Å². The van der Waals surface area contributed by atoms with Crippen LogP contribution in [0.3, 0.4) is 0 Å². The summed E-state index contributed by atoms with van der Waals surface area (Å²) in [5.74, 6) is 0.530. The molecule has 2 aromatic rings. The van der Waals surface area contributed by atoms with Crippen LogP contribution in [-0.4, -0.2) is 53.4 Å². The van der Waals surface area contributed by atoms with Crippen molar-refractivity contribution < 1.29 is 23.2 Å². The smallest absolute Gasteiger partial charge is 0.252 e. The van der Waals surface area contributed by atoms with Crippen LogP contribution in [-0.2, 0) is 10.0 Å². The predicted molar refractivity (Wildman–Crippen MR) is 84.5 cm³/mol. The van der Waals surface area contributed by atoms with Crippen molar-refractivity contribution in [3.63, 3.8) is 0 Å². The van der Waals surface area contributed by atoms with Gasteiger partial charge in [-0.15, -0.1) is 11.3 Å². The molecule has 1 saturated heterocycles. The van der Waals surface area contributed by atoms with Gasteiger partial charge in [-0.1, -0.05) is 5.16 Å². The minimum Gasteiger partial charge on any atom is -0.393 e. The number of thiophene rings is 1. The van der Waals surface area contributed by atoms with E-state index in [1.807, 2.05) is 0 Å². The van der Waals surface area contributed by atoms with Crippen LogP contribution in [0.5, 0.6) is 0 Å². The Balaban J connectivity index is 1.81. The van der Waals surface area contributed by atoms with Crippen LogP contribution in [0.15, 0.2) is 33.1 Å². The molecule has 3 rings (SSSR count). The summed E-state index contributed by atoms with van der Waals surface area (Å²) in [6.07, 6.45) is 2.64. The highest BCUT2D eigenvalue weighted by Crippen LogP contribution is 2.33. The lowest BCUT2D eigenvalue weighted by atomic mass is 9.96. The maximum Gasteiger partial charge on any atom is 0.252 e. The van der Waals surface area contributed by atoms with Crippen molar-refractivity contribution in [3.05, 3.63) is 24.4 Å². The summed E-state index contributed by atoms with van der Waals surface area (Å²) in [5.41, 5.74) is -1.19. The summed E-state index contributed by atoms with van der Waals surface area (Å²) in [6, 6.07) is 4.93. The Morgan fingerprint density at radius 3 is 2.83 bits per heavy atom. The molecule has 2 aromatic heterocycles. The number of sulfonamides is 1. The molecule has 0 amide bonds. The summed E-state index contributed by atoms with van der Waals surface area (Å²) in [7, 11) is -3.62. The fraction of sp³-hybridized carbons (Fsp3) is 0.500. The van der Waals surface area contributed by atoms with Gasteiger partial charge in [-0.25, -0.2) is 8.42 Å². The number of hydrogen-bond acceptors (Lipinski definition) is 7. The van der Waals surface area contributed by atoms with Crippen LogP contribution in [0.1, 0.15) is 19.3 Å². The van der Waals surface area contributed by atoms with Gasteiger partial charge in [0.1, 0.15) is 4.21 Å². The Hall–Kier alpha value is -1.26.